The molecule has 1 rings (SSSR count). The molecule has 0 saturated heterocycles. The Kier molecular flexibility index (Phi) is 6.41. The summed E-state index contributed by atoms with van der Waals surface area (Å²) in [5, 5.41) is 12.1. The monoisotopic (exact) mass is 279 g/mol. The highest BCUT2D eigenvalue weighted by Gasteiger charge is 2.08. The van der Waals surface area contributed by atoms with Crippen LogP contribution in [-0.4, -0.2) is 17.6 Å². The standard InChI is InChI=1S/C15H18ClNO2/c1-11(2)9-15(19)17-14-7-6-13(16)10-12(14)5-3-4-8-18/h6-7,10-11,18H,4,8-9H2,1-2H3,(H,17,19). The second kappa shape index (κ2) is 7.83. The summed E-state index contributed by atoms with van der Waals surface area (Å²) in [6.07, 6.45) is 0.859. The van der Waals surface area contributed by atoms with E-state index < -0.39 is 0 Å². The highest BCUT2D eigenvalue weighted by molar-refractivity contribution is 6.30. The van der Waals surface area contributed by atoms with Crippen molar-refractivity contribution in [3.05, 3.63) is 28.8 Å². The number of aliphatic hydroxyl groups excluding tert-OH is 1. The molecule has 0 aromatic heterocycles. The van der Waals surface area contributed by atoms with E-state index in [1.54, 1.807) is 18.2 Å². The van der Waals surface area contributed by atoms with Crippen molar-refractivity contribution in [3.8, 4) is 11.8 Å². The molecule has 0 unspecified atom stereocenters. The Bertz CT molecular complexity index is 501. The van der Waals surface area contributed by atoms with E-state index in [0.29, 0.717) is 35.0 Å². The molecule has 19 heavy (non-hydrogen) atoms. The lowest BCUT2D eigenvalue weighted by atomic mass is 10.1. The zero-order valence-electron chi connectivity index (χ0n) is 11.2. The van der Waals surface area contributed by atoms with Crippen molar-refractivity contribution in [3.63, 3.8) is 0 Å². The highest BCUT2D eigenvalue weighted by Crippen LogP contribution is 2.20. The van der Waals surface area contributed by atoms with Crippen LogP contribution in [0, 0.1) is 17.8 Å². The fourth-order valence-electron chi connectivity index (χ4n) is 1.51. The van der Waals surface area contributed by atoms with Gasteiger partial charge in [-0.3, -0.25) is 4.79 Å². The molecule has 102 valence electrons. The number of nitrogens with one attached hydrogen (secondary N) is 1. The Morgan fingerprint density at radius 1 is 1.47 bits per heavy atom. The predicted molar refractivity (Wildman–Crippen MR) is 78.1 cm³/mol. The number of carbonyl (C=O) groups excluding carboxylic acids is 1. The first kappa shape index (κ1) is 15.6. The Hall–Kier alpha value is -1.50. The van der Waals surface area contributed by atoms with Gasteiger partial charge >= 0.3 is 0 Å². The van der Waals surface area contributed by atoms with Crippen molar-refractivity contribution in [1.82, 2.24) is 0 Å². The van der Waals surface area contributed by atoms with Crippen LogP contribution in [0.2, 0.25) is 5.02 Å². The Morgan fingerprint density at radius 3 is 2.84 bits per heavy atom. The van der Waals surface area contributed by atoms with Crippen LogP contribution in [-0.2, 0) is 4.79 Å². The summed E-state index contributed by atoms with van der Waals surface area (Å²) >= 11 is 5.92. The van der Waals surface area contributed by atoms with Gasteiger partial charge in [-0.05, 0) is 24.1 Å². The molecule has 0 radical (unpaired) electrons. The molecule has 0 bridgehead atoms. The second-order valence-corrected chi connectivity index (χ2v) is 5.05. The SMILES string of the molecule is CC(C)CC(=O)Nc1ccc(Cl)cc1C#CCCO. The fourth-order valence-corrected chi connectivity index (χ4v) is 1.69. The maximum Gasteiger partial charge on any atom is 0.224 e. The number of benzene rings is 1. The minimum absolute atomic E-state index is 0.0165. The molecule has 3 nitrogen and oxygen atoms in total. The van der Waals surface area contributed by atoms with Crippen LogP contribution in [0.25, 0.3) is 0 Å². The van der Waals surface area contributed by atoms with Crippen LogP contribution < -0.4 is 5.32 Å². The van der Waals surface area contributed by atoms with Crippen LogP contribution in [0.4, 0.5) is 5.69 Å². The minimum atomic E-state index is -0.0393. The summed E-state index contributed by atoms with van der Waals surface area (Å²) < 4.78 is 0. The van der Waals surface area contributed by atoms with Gasteiger partial charge in [0.1, 0.15) is 0 Å². The molecule has 0 fully saturated rings. The number of rotatable bonds is 4. The van der Waals surface area contributed by atoms with E-state index >= 15 is 0 Å². The predicted octanol–water partition coefficient (Wildman–Crippen LogP) is 3.06. The number of hydrogen-bond acceptors (Lipinski definition) is 2. The summed E-state index contributed by atoms with van der Waals surface area (Å²) in [6.45, 7) is 4.00. The summed E-state index contributed by atoms with van der Waals surface area (Å²) in [6, 6.07) is 5.16. The average Bonchev–Trinajstić information content (AvgIpc) is 2.32. The van der Waals surface area contributed by atoms with Gasteiger partial charge in [-0.2, -0.15) is 0 Å². The maximum atomic E-state index is 11.8. The molecule has 1 aromatic rings. The second-order valence-electron chi connectivity index (χ2n) is 4.61. The lowest BCUT2D eigenvalue weighted by Crippen LogP contribution is -2.14. The molecular formula is C15H18ClNO2. The van der Waals surface area contributed by atoms with Crippen LogP contribution >= 0.6 is 11.6 Å². The Labute approximate surface area is 119 Å². The zero-order chi connectivity index (χ0) is 14.3. The van der Waals surface area contributed by atoms with E-state index in [4.69, 9.17) is 16.7 Å². The number of hydrogen-bond donors (Lipinski definition) is 2. The van der Waals surface area contributed by atoms with Crippen LogP contribution in [0.15, 0.2) is 18.2 Å². The van der Waals surface area contributed by atoms with E-state index in [2.05, 4.69) is 17.2 Å². The molecule has 1 aromatic carbocycles. The van der Waals surface area contributed by atoms with Crippen molar-refractivity contribution in [2.45, 2.75) is 26.7 Å². The lowest BCUT2D eigenvalue weighted by molar-refractivity contribution is -0.116. The fraction of sp³-hybridized carbons (Fsp3) is 0.400. The molecule has 1 amide bonds. The Morgan fingerprint density at radius 2 is 2.21 bits per heavy atom. The lowest BCUT2D eigenvalue weighted by Gasteiger charge is -2.09. The first-order valence-electron chi connectivity index (χ1n) is 6.22. The molecule has 2 N–H and O–H groups in total. The quantitative estimate of drug-likeness (QED) is 0.832. The van der Waals surface area contributed by atoms with Crippen molar-refractivity contribution in [1.29, 1.82) is 0 Å². The van der Waals surface area contributed by atoms with Crippen LogP contribution in [0.5, 0.6) is 0 Å². The van der Waals surface area contributed by atoms with Gasteiger partial charge in [0, 0.05) is 23.4 Å². The van der Waals surface area contributed by atoms with Gasteiger partial charge in [0.2, 0.25) is 5.91 Å². The number of carbonyl (C=O) groups is 1. The summed E-state index contributed by atoms with van der Waals surface area (Å²) in [4.78, 5) is 11.8. The number of halogens is 1. The molecule has 0 aliphatic heterocycles. The minimum Gasteiger partial charge on any atom is -0.395 e. The molecule has 0 heterocycles. The van der Waals surface area contributed by atoms with Gasteiger partial charge in [0.15, 0.2) is 0 Å². The third kappa shape index (κ3) is 5.78. The van der Waals surface area contributed by atoms with Gasteiger partial charge in [-0.1, -0.05) is 37.3 Å². The van der Waals surface area contributed by atoms with E-state index in [9.17, 15) is 4.79 Å². The largest absolute Gasteiger partial charge is 0.395 e. The first-order chi connectivity index (χ1) is 9.02. The molecule has 0 aliphatic rings. The van der Waals surface area contributed by atoms with Gasteiger partial charge < -0.3 is 10.4 Å². The maximum absolute atomic E-state index is 11.8. The summed E-state index contributed by atoms with van der Waals surface area (Å²) in [7, 11) is 0. The van der Waals surface area contributed by atoms with Crippen molar-refractivity contribution >= 4 is 23.2 Å². The summed E-state index contributed by atoms with van der Waals surface area (Å²) in [5.41, 5.74) is 1.32. The normalized spacial score (nSPS) is 9.95. The first-order valence-corrected chi connectivity index (χ1v) is 6.60. The smallest absolute Gasteiger partial charge is 0.224 e. The van der Waals surface area contributed by atoms with E-state index in [1.165, 1.54) is 0 Å². The molecular weight excluding hydrogens is 262 g/mol. The van der Waals surface area contributed by atoms with Gasteiger partial charge in [0.05, 0.1) is 12.3 Å². The van der Waals surface area contributed by atoms with Crippen LogP contribution in [0.3, 0.4) is 0 Å². The molecule has 4 heteroatoms. The average molecular weight is 280 g/mol. The van der Waals surface area contributed by atoms with E-state index in [-0.39, 0.29) is 12.5 Å². The molecule has 0 aliphatic carbocycles. The number of aliphatic hydroxyl groups is 1. The van der Waals surface area contributed by atoms with Crippen LogP contribution in [0.1, 0.15) is 32.3 Å². The van der Waals surface area contributed by atoms with Gasteiger partial charge in [-0.25, -0.2) is 0 Å². The molecule has 0 spiro atoms. The Balaban J connectivity index is 2.88. The van der Waals surface area contributed by atoms with Crippen molar-refractivity contribution < 1.29 is 9.90 Å². The van der Waals surface area contributed by atoms with Crippen molar-refractivity contribution in [2.75, 3.05) is 11.9 Å². The van der Waals surface area contributed by atoms with E-state index in [0.717, 1.165) is 0 Å². The van der Waals surface area contributed by atoms with Crippen molar-refractivity contribution in [2.24, 2.45) is 5.92 Å². The highest BCUT2D eigenvalue weighted by atomic mass is 35.5. The zero-order valence-corrected chi connectivity index (χ0v) is 11.9. The van der Waals surface area contributed by atoms with Gasteiger partial charge in [-0.15, -0.1) is 0 Å². The number of anilines is 1. The van der Waals surface area contributed by atoms with E-state index in [1.807, 2.05) is 13.8 Å². The topological polar surface area (TPSA) is 49.3 Å². The summed E-state index contributed by atoms with van der Waals surface area (Å²) in [5.74, 6) is 5.99. The third-order valence-electron chi connectivity index (χ3n) is 2.31. The third-order valence-corrected chi connectivity index (χ3v) is 2.54. The molecule has 0 atom stereocenters. The molecule has 0 saturated carbocycles. The van der Waals surface area contributed by atoms with Gasteiger partial charge in [0.25, 0.3) is 0 Å². The number of amides is 1.